The Bertz CT molecular complexity index is 366. The highest BCUT2D eigenvalue weighted by Gasteiger charge is 2.39. The molecule has 0 aromatic carbocycles. The van der Waals surface area contributed by atoms with E-state index in [1.54, 1.807) is 0 Å². The van der Waals surface area contributed by atoms with E-state index in [9.17, 15) is 0 Å². The van der Waals surface area contributed by atoms with Crippen LogP contribution in [-0.2, 0) is 0 Å². The summed E-state index contributed by atoms with van der Waals surface area (Å²) in [4.78, 5) is 4.51. The van der Waals surface area contributed by atoms with Gasteiger partial charge in [0.1, 0.15) is 0 Å². The number of nitrogens with zero attached hydrogens (tertiary/aromatic N) is 2. The lowest BCUT2D eigenvalue weighted by Crippen LogP contribution is -2.31. The van der Waals surface area contributed by atoms with Crippen LogP contribution in [0.5, 0.6) is 0 Å². The highest BCUT2D eigenvalue weighted by atomic mass is 16.5. The van der Waals surface area contributed by atoms with Crippen molar-refractivity contribution in [1.82, 2.24) is 10.1 Å². The van der Waals surface area contributed by atoms with Gasteiger partial charge in [-0.05, 0) is 44.4 Å². The Morgan fingerprint density at radius 3 is 2.12 bits per heavy atom. The number of hydrogen-bond acceptors (Lipinski definition) is 4. The zero-order chi connectivity index (χ0) is 11.8. The molecule has 94 valence electrons. The molecule has 2 aliphatic carbocycles. The topological polar surface area (TPSA) is 64.9 Å². The molecule has 0 aliphatic heterocycles. The SMILES string of the molecule is C[C@@H](N)c1nc(C(C2CCC2)C2CCC2)no1. The van der Waals surface area contributed by atoms with Gasteiger partial charge < -0.3 is 10.3 Å². The minimum absolute atomic E-state index is 0.153. The summed E-state index contributed by atoms with van der Waals surface area (Å²) < 4.78 is 5.26. The summed E-state index contributed by atoms with van der Waals surface area (Å²) in [5.41, 5.74) is 5.78. The third-order valence-corrected chi connectivity index (χ3v) is 4.46. The van der Waals surface area contributed by atoms with Gasteiger partial charge in [0.2, 0.25) is 5.89 Å². The average Bonchev–Trinajstić information content (AvgIpc) is 2.59. The highest BCUT2D eigenvalue weighted by Crippen LogP contribution is 2.49. The minimum atomic E-state index is -0.153. The average molecular weight is 235 g/mol. The first-order valence-corrected chi connectivity index (χ1v) is 6.85. The standard InChI is InChI=1S/C13H21N3O/c1-8(14)13-15-12(16-17-13)11(9-4-2-5-9)10-6-3-7-10/h8-11H,2-7,14H2,1H3/t8-/m1/s1. The van der Waals surface area contributed by atoms with Crippen LogP contribution in [0.4, 0.5) is 0 Å². The van der Waals surface area contributed by atoms with Gasteiger partial charge in [-0.25, -0.2) is 0 Å². The van der Waals surface area contributed by atoms with E-state index in [-0.39, 0.29) is 6.04 Å². The van der Waals surface area contributed by atoms with Gasteiger partial charge in [0.05, 0.1) is 6.04 Å². The van der Waals surface area contributed by atoms with Crippen LogP contribution in [0.2, 0.25) is 0 Å². The van der Waals surface area contributed by atoms with Crippen molar-refractivity contribution in [2.45, 2.75) is 57.4 Å². The molecule has 1 aromatic heterocycles. The van der Waals surface area contributed by atoms with E-state index < -0.39 is 0 Å². The molecule has 0 unspecified atom stereocenters. The van der Waals surface area contributed by atoms with Gasteiger partial charge in [0.15, 0.2) is 5.82 Å². The zero-order valence-corrected chi connectivity index (χ0v) is 10.4. The predicted molar refractivity (Wildman–Crippen MR) is 64.3 cm³/mol. The molecule has 0 spiro atoms. The maximum absolute atomic E-state index is 5.78. The lowest BCUT2D eigenvalue weighted by molar-refractivity contribution is 0.141. The Morgan fingerprint density at radius 2 is 1.76 bits per heavy atom. The Hall–Kier alpha value is -0.900. The summed E-state index contributed by atoms with van der Waals surface area (Å²) in [6, 6.07) is -0.153. The molecular formula is C13H21N3O. The molecule has 2 N–H and O–H groups in total. The zero-order valence-electron chi connectivity index (χ0n) is 10.4. The van der Waals surface area contributed by atoms with E-state index in [1.165, 1.54) is 38.5 Å². The summed E-state index contributed by atoms with van der Waals surface area (Å²) in [7, 11) is 0. The van der Waals surface area contributed by atoms with Crippen LogP contribution in [0.3, 0.4) is 0 Å². The second-order valence-electron chi connectivity index (χ2n) is 5.69. The number of aromatic nitrogens is 2. The Balaban J connectivity index is 1.80. The molecule has 2 fully saturated rings. The largest absolute Gasteiger partial charge is 0.338 e. The predicted octanol–water partition coefficient (Wildman–Crippen LogP) is 2.77. The Kier molecular flexibility index (Phi) is 2.90. The maximum atomic E-state index is 5.78. The van der Waals surface area contributed by atoms with Crippen LogP contribution in [-0.4, -0.2) is 10.1 Å². The van der Waals surface area contributed by atoms with E-state index in [1.807, 2.05) is 6.92 Å². The maximum Gasteiger partial charge on any atom is 0.243 e. The van der Waals surface area contributed by atoms with Crippen molar-refractivity contribution in [3.8, 4) is 0 Å². The monoisotopic (exact) mass is 235 g/mol. The highest BCUT2D eigenvalue weighted by molar-refractivity contribution is 5.06. The lowest BCUT2D eigenvalue weighted by Gasteiger charge is -2.40. The molecule has 0 radical (unpaired) electrons. The summed E-state index contributed by atoms with van der Waals surface area (Å²) >= 11 is 0. The first-order chi connectivity index (χ1) is 8.25. The number of hydrogen-bond donors (Lipinski definition) is 1. The molecule has 1 aromatic rings. The molecule has 3 rings (SSSR count). The fourth-order valence-corrected chi connectivity index (χ4v) is 2.97. The van der Waals surface area contributed by atoms with Crippen molar-refractivity contribution in [3.05, 3.63) is 11.7 Å². The van der Waals surface area contributed by atoms with Gasteiger partial charge in [-0.2, -0.15) is 4.98 Å². The molecule has 17 heavy (non-hydrogen) atoms. The lowest BCUT2D eigenvalue weighted by atomic mass is 9.64. The second-order valence-corrected chi connectivity index (χ2v) is 5.69. The summed E-state index contributed by atoms with van der Waals surface area (Å²) in [5, 5.41) is 4.18. The molecule has 0 bridgehead atoms. The smallest absolute Gasteiger partial charge is 0.243 e. The fraction of sp³-hybridized carbons (Fsp3) is 0.846. The van der Waals surface area contributed by atoms with Crippen LogP contribution >= 0.6 is 0 Å². The van der Waals surface area contributed by atoms with Crippen LogP contribution in [0.15, 0.2) is 4.52 Å². The van der Waals surface area contributed by atoms with E-state index in [0.29, 0.717) is 11.8 Å². The molecule has 4 nitrogen and oxygen atoms in total. The Morgan fingerprint density at radius 1 is 1.18 bits per heavy atom. The van der Waals surface area contributed by atoms with Crippen molar-refractivity contribution < 1.29 is 4.52 Å². The molecule has 1 heterocycles. The van der Waals surface area contributed by atoms with E-state index >= 15 is 0 Å². The summed E-state index contributed by atoms with van der Waals surface area (Å²) in [6.45, 7) is 1.89. The molecule has 1 atom stereocenters. The molecule has 2 saturated carbocycles. The van der Waals surface area contributed by atoms with Crippen LogP contribution in [0, 0.1) is 11.8 Å². The van der Waals surface area contributed by atoms with Crippen LogP contribution < -0.4 is 5.73 Å². The first-order valence-electron chi connectivity index (χ1n) is 6.85. The molecule has 4 heteroatoms. The Labute approximate surface area is 102 Å². The summed E-state index contributed by atoms with van der Waals surface area (Å²) in [6.07, 6.45) is 8.08. The van der Waals surface area contributed by atoms with E-state index in [2.05, 4.69) is 10.1 Å². The van der Waals surface area contributed by atoms with Gasteiger partial charge in [0.25, 0.3) is 0 Å². The third-order valence-electron chi connectivity index (χ3n) is 4.46. The van der Waals surface area contributed by atoms with Crippen molar-refractivity contribution in [2.24, 2.45) is 17.6 Å². The summed E-state index contributed by atoms with van der Waals surface area (Å²) in [5.74, 6) is 3.63. The third kappa shape index (κ3) is 1.99. The van der Waals surface area contributed by atoms with E-state index in [4.69, 9.17) is 10.3 Å². The molecule has 0 amide bonds. The minimum Gasteiger partial charge on any atom is -0.338 e. The number of rotatable bonds is 4. The normalized spacial score (nSPS) is 23.5. The van der Waals surface area contributed by atoms with E-state index in [0.717, 1.165) is 17.7 Å². The quantitative estimate of drug-likeness (QED) is 0.871. The van der Waals surface area contributed by atoms with Crippen molar-refractivity contribution in [3.63, 3.8) is 0 Å². The van der Waals surface area contributed by atoms with Gasteiger partial charge in [-0.3, -0.25) is 0 Å². The van der Waals surface area contributed by atoms with Crippen LogP contribution in [0.1, 0.15) is 69.1 Å². The van der Waals surface area contributed by atoms with Gasteiger partial charge in [0, 0.05) is 5.92 Å². The number of nitrogens with two attached hydrogens (primary N) is 1. The van der Waals surface area contributed by atoms with Gasteiger partial charge in [-0.1, -0.05) is 18.0 Å². The van der Waals surface area contributed by atoms with Gasteiger partial charge >= 0.3 is 0 Å². The molecule has 2 aliphatic rings. The first kappa shape index (κ1) is 11.2. The van der Waals surface area contributed by atoms with Crippen molar-refractivity contribution in [1.29, 1.82) is 0 Å². The molecule has 0 saturated heterocycles. The van der Waals surface area contributed by atoms with Crippen molar-refractivity contribution >= 4 is 0 Å². The van der Waals surface area contributed by atoms with Crippen LogP contribution in [0.25, 0.3) is 0 Å². The second kappa shape index (κ2) is 4.41. The molecular weight excluding hydrogens is 214 g/mol. The van der Waals surface area contributed by atoms with Crippen molar-refractivity contribution in [2.75, 3.05) is 0 Å². The van der Waals surface area contributed by atoms with Gasteiger partial charge in [-0.15, -0.1) is 0 Å². The fourth-order valence-electron chi connectivity index (χ4n) is 2.97.